The molecule has 0 amide bonds. The average molecular weight is 201 g/mol. The maximum atomic E-state index is 5.88. The molecule has 4 N–H and O–H groups in total. The number of aryl methyl sites for hydroxylation is 1. The molecule has 1 atom stereocenters. The van der Waals surface area contributed by atoms with Gasteiger partial charge in [0.25, 0.3) is 0 Å². The van der Waals surface area contributed by atoms with E-state index in [9.17, 15) is 0 Å². The van der Waals surface area contributed by atoms with Crippen molar-refractivity contribution in [3.05, 3.63) is 35.4 Å². The van der Waals surface area contributed by atoms with E-state index in [1.54, 1.807) is 0 Å². The molecule has 0 aliphatic carbocycles. The van der Waals surface area contributed by atoms with Gasteiger partial charge in [0, 0.05) is 6.04 Å². The molecule has 0 bridgehead atoms. The van der Waals surface area contributed by atoms with Crippen LogP contribution in [0.15, 0.2) is 24.3 Å². The van der Waals surface area contributed by atoms with E-state index < -0.39 is 0 Å². The Hall–Kier alpha value is -0.570. The predicted molar refractivity (Wildman–Crippen MR) is 59.0 cm³/mol. The molecule has 0 saturated heterocycles. The lowest BCUT2D eigenvalue weighted by molar-refractivity contribution is 0.661. The van der Waals surface area contributed by atoms with E-state index in [0.29, 0.717) is 6.54 Å². The molecule has 0 heterocycles. The smallest absolute Gasteiger partial charge is 0.0306 e. The van der Waals surface area contributed by atoms with Crippen LogP contribution in [0.2, 0.25) is 0 Å². The van der Waals surface area contributed by atoms with Crippen molar-refractivity contribution in [1.29, 1.82) is 0 Å². The molecule has 0 radical (unpaired) electrons. The Bertz CT molecular complexity index is 233. The van der Waals surface area contributed by atoms with Crippen molar-refractivity contribution in [3.8, 4) is 0 Å². The molecule has 0 saturated carbocycles. The topological polar surface area (TPSA) is 52.0 Å². The fraction of sp³-hybridized carbons (Fsp3) is 0.400. The lowest BCUT2D eigenvalue weighted by Gasteiger charge is -2.10. The third-order valence-electron chi connectivity index (χ3n) is 1.98. The molecule has 0 fully saturated rings. The second-order valence-electron chi connectivity index (χ2n) is 3.09. The predicted octanol–water partition coefficient (Wildman–Crippen LogP) is 1.77. The Balaban J connectivity index is 0.00000144. The largest absolute Gasteiger partial charge is 0.330 e. The van der Waals surface area contributed by atoms with Gasteiger partial charge >= 0.3 is 0 Å². The summed E-state index contributed by atoms with van der Waals surface area (Å²) < 4.78 is 0. The van der Waals surface area contributed by atoms with Gasteiger partial charge in [-0.25, -0.2) is 0 Å². The van der Waals surface area contributed by atoms with E-state index in [1.165, 1.54) is 11.1 Å². The van der Waals surface area contributed by atoms with Crippen LogP contribution in [0.4, 0.5) is 0 Å². The number of nitrogens with two attached hydrogens (primary N) is 2. The number of halogens is 1. The maximum Gasteiger partial charge on any atom is 0.0306 e. The number of hydrogen-bond acceptors (Lipinski definition) is 2. The van der Waals surface area contributed by atoms with Crippen molar-refractivity contribution >= 4 is 12.4 Å². The monoisotopic (exact) mass is 200 g/mol. The van der Waals surface area contributed by atoms with E-state index in [-0.39, 0.29) is 18.4 Å². The van der Waals surface area contributed by atoms with Crippen LogP contribution in [0.25, 0.3) is 0 Å². The first kappa shape index (κ1) is 12.4. The van der Waals surface area contributed by atoms with Crippen LogP contribution in [-0.4, -0.2) is 6.54 Å². The Morgan fingerprint density at radius 2 is 1.77 bits per heavy atom. The van der Waals surface area contributed by atoms with Gasteiger partial charge in [0.05, 0.1) is 0 Å². The standard InChI is InChI=1S/C10H16N2.ClH/c1-8-2-4-9(5-3-8)10(12)6-7-11;/h2-5,10H,6-7,11-12H2,1H3;1H/t10-;/m1./s1. The normalized spacial score (nSPS) is 11.9. The summed E-state index contributed by atoms with van der Waals surface area (Å²) in [6.45, 7) is 2.72. The van der Waals surface area contributed by atoms with Gasteiger partial charge in [-0.05, 0) is 25.5 Å². The molecule has 74 valence electrons. The van der Waals surface area contributed by atoms with Crippen molar-refractivity contribution in [2.45, 2.75) is 19.4 Å². The van der Waals surface area contributed by atoms with Gasteiger partial charge in [0.15, 0.2) is 0 Å². The molecule has 13 heavy (non-hydrogen) atoms. The van der Waals surface area contributed by atoms with Crippen LogP contribution in [0, 0.1) is 6.92 Å². The molecule has 3 heteroatoms. The van der Waals surface area contributed by atoms with E-state index >= 15 is 0 Å². The highest BCUT2D eigenvalue weighted by Gasteiger charge is 2.02. The highest BCUT2D eigenvalue weighted by atomic mass is 35.5. The van der Waals surface area contributed by atoms with E-state index in [1.807, 2.05) is 0 Å². The molecular formula is C10H17ClN2. The van der Waals surface area contributed by atoms with Gasteiger partial charge in [0.2, 0.25) is 0 Å². The summed E-state index contributed by atoms with van der Waals surface area (Å²) in [6, 6.07) is 8.37. The van der Waals surface area contributed by atoms with Gasteiger partial charge in [-0.1, -0.05) is 29.8 Å². The van der Waals surface area contributed by atoms with Crippen LogP contribution in [0.1, 0.15) is 23.6 Å². The molecule has 1 aromatic carbocycles. The van der Waals surface area contributed by atoms with Gasteiger partial charge < -0.3 is 11.5 Å². The molecular weight excluding hydrogens is 184 g/mol. The highest BCUT2D eigenvalue weighted by molar-refractivity contribution is 5.85. The lowest BCUT2D eigenvalue weighted by Crippen LogP contribution is -2.15. The Morgan fingerprint density at radius 3 is 2.23 bits per heavy atom. The summed E-state index contributed by atoms with van der Waals surface area (Å²) in [5, 5.41) is 0. The Kier molecular flexibility index (Phi) is 5.71. The maximum absolute atomic E-state index is 5.88. The fourth-order valence-electron chi connectivity index (χ4n) is 1.16. The van der Waals surface area contributed by atoms with Crippen molar-refractivity contribution in [1.82, 2.24) is 0 Å². The molecule has 0 aliphatic rings. The first-order valence-corrected chi connectivity index (χ1v) is 4.26. The second-order valence-corrected chi connectivity index (χ2v) is 3.09. The van der Waals surface area contributed by atoms with Gasteiger partial charge in [-0.3, -0.25) is 0 Å². The lowest BCUT2D eigenvalue weighted by atomic mass is 10.0. The Labute approximate surface area is 85.7 Å². The van der Waals surface area contributed by atoms with Crippen LogP contribution in [0.3, 0.4) is 0 Å². The molecule has 0 unspecified atom stereocenters. The van der Waals surface area contributed by atoms with Crippen molar-refractivity contribution in [2.24, 2.45) is 11.5 Å². The van der Waals surface area contributed by atoms with Gasteiger partial charge in [-0.2, -0.15) is 0 Å². The molecule has 0 spiro atoms. The minimum Gasteiger partial charge on any atom is -0.330 e. The quantitative estimate of drug-likeness (QED) is 0.782. The molecule has 1 aromatic rings. The van der Waals surface area contributed by atoms with E-state index in [0.717, 1.165) is 6.42 Å². The minimum absolute atomic E-state index is 0. The van der Waals surface area contributed by atoms with Gasteiger partial charge in [0.1, 0.15) is 0 Å². The number of rotatable bonds is 3. The number of hydrogen-bond donors (Lipinski definition) is 2. The summed E-state index contributed by atoms with van der Waals surface area (Å²) in [7, 11) is 0. The third-order valence-corrected chi connectivity index (χ3v) is 1.98. The molecule has 0 aromatic heterocycles. The molecule has 2 nitrogen and oxygen atoms in total. The van der Waals surface area contributed by atoms with Crippen molar-refractivity contribution < 1.29 is 0 Å². The van der Waals surface area contributed by atoms with Crippen molar-refractivity contribution in [2.75, 3.05) is 6.54 Å². The summed E-state index contributed by atoms with van der Waals surface area (Å²) >= 11 is 0. The minimum atomic E-state index is 0. The first-order chi connectivity index (χ1) is 5.74. The SMILES string of the molecule is Cc1ccc([C@H](N)CCN)cc1.Cl. The third kappa shape index (κ3) is 3.77. The average Bonchev–Trinajstić information content (AvgIpc) is 2.06. The van der Waals surface area contributed by atoms with Crippen LogP contribution >= 0.6 is 12.4 Å². The van der Waals surface area contributed by atoms with Crippen LogP contribution in [-0.2, 0) is 0 Å². The number of benzene rings is 1. The fourth-order valence-corrected chi connectivity index (χ4v) is 1.16. The van der Waals surface area contributed by atoms with Crippen LogP contribution in [0.5, 0.6) is 0 Å². The van der Waals surface area contributed by atoms with E-state index in [2.05, 4.69) is 31.2 Å². The summed E-state index contributed by atoms with van der Waals surface area (Å²) in [4.78, 5) is 0. The Morgan fingerprint density at radius 1 is 1.23 bits per heavy atom. The summed E-state index contributed by atoms with van der Waals surface area (Å²) in [5.74, 6) is 0. The zero-order valence-corrected chi connectivity index (χ0v) is 8.68. The second kappa shape index (κ2) is 5.97. The van der Waals surface area contributed by atoms with Crippen LogP contribution < -0.4 is 11.5 Å². The highest BCUT2D eigenvalue weighted by Crippen LogP contribution is 2.13. The first-order valence-electron chi connectivity index (χ1n) is 4.26. The van der Waals surface area contributed by atoms with Gasteiger partial charge in [-0.15, -0.1) is 12.4 Å². The molecule has 1 rings (SSSR count). The molecule has 0 aliphatic heterocycles. The summed E-state index contributed by atoms with van der Waals surface area (Å²) in [6.07, 6.45) is 0.850. The van der Waals surface area contributed by atoms with E-state index in [4.69, 9.17) is 11.5 Å². The summed E-state index contributed by atoms with van der Waals surface area (Å²) in [5.41, 5.74) is 13.7. The van der Waals surface area contributed by atoms with Crippen molar-refractivity contribution in [3.63, 3.8) is 0 Å². The zero-order chi connectivity index (χ0) is 8.97. The zero-order valence-electron chi connectivity index (χ0n) is 7.86.